The minimum Gasteiger partial charge on any atom is -0.444 e. The van der Waals surface area contributed by atoms with Gasteiger partial charge in [-0.3, -0.25) is 9.59 Å². The number of carbonyl (C=O) groups excluding carboxylic acids is 2. The van der Waals surface area contributed by atoms with Crippen LogP contribution in [-0.2, 0) is 10.2 Å². The van der Waals surface area contributed by atoms with Crippen molar-refractivity contribution in [2.24, 2.45) is 0 Å². The quantitative estimate of drug-likeness (QED) is 0.788. The summed E-state index contributed by atoms with van der Waals surface area (Å²) in [5.41, 5.74) is -0.0496. The lowest BCUT2D eigenvalue weighted by molar-refractivity contribution is -0.120. The average molecular weight is 397 g/mol. The summed E-state index contributed by atoms with van der Waals surface area (Å²) in [5, 5.41) is 5.16. The van der Waals surface area contributed by atoms with Crippen LogP contribution >= 0.6 is 15.9 Å². The van der Waals surface area contributed by atoms with Crippen LogP contribution in [0.25, 0.3) is 0 Å². The van der Waals surface area contributed by atoms with E-state index in [1.807, 2.05) is 13.8 Å². The minimum atomic E-state index is -0.573. The maximum atomic E-state index is 13.9. The zero-order chi connectivity index (χ0) is 17.7. The second kappa shape index (κ2) is 7.61. The maximum Gasteiger partial charge on any atom is 0.287 e. The van der Waals surface area contributed by atoms with Crippen LogP contribution in [0.15, 0.2) is 45.5 Å². The van der Waals surface area contributed by atoms with Crippen molar-refractivity contribution in [1.82, 2.24) is 10.6 Å². The number of hydrogen-bond donors (Lipinski definition) is 2. The maximum absolute atomic E-state index is 13.9. The Labute approximate surface area is 147 Å². The summed E-state index contributed by atoms with van der Waals surface area (Å²) in [4.78, 5) is 23.7. The van der Waals surface area contributed by atoms with Gasteiger partial charge in [0, 0.05) is 12.0 Å². The number of halogens is 2. The van der Waals surface area contributed by atoms with Crippen molar-refractivity contribution in [3.05, 3.63) is 58.2 Å². The van der Waals surface area contributed by atoms with Gasteiger partial charge in [-0.15, -0.1) is 0 Å². The highest BCUT2D eigenvalue weighted by atomic mass is 79.9. The Bertz CT molecular complexity index is 743. The van der Waals surface area contributed by atoms with Gasteiger partial charge in [0.1, 0.15) is 5.82 Å². The third-order valence-corrected chi connectivity index (χ3v) is 3.96. The second-order valence-electron chi connectivity index (χ2n) is 5.93. The SMILES string of the molecule is CC(C)(CNC(=O)CNC(=O)c1ccc(Br)o1)c1ccccc1F. The van der Waals surface area contributed by atoms with E-state index in [0.717, 1.165) is 0 Å². The van der Waals surface area contributed by atoms with Crippen LogP contribution < -0.4 is 10.6 Å². The highest BCUT2D eigenvalue weighted by molar-refractivity contribution is 9.10. The molecule has 2 N–H and O–H groups in total. The minimum absolute atomic E-state index is 0.112. The molecule has 0 saturated heterocycles. The van der Waals surface area contributed by atoms with E-state index in [1.54, 1.807) is 24.3 Å². The van der Waals surface area contributed by atoms with E-state index in [4.69, 9.17) is 4.42 Å². The highest BCUT2D eigenvalue weighted by Gasteiger charge is 2.24. The van der Waals surface area contributed by atoms with Gasteiger partial charge < -0.3 is 15.1 Å². The molecule has 128 valence electrons. The van der Waals surface area contributed by atoms with Crippen LogP contribution in [0.3, 0.4) is 0 Å². The third-order valence-electron chi connectivity index (χ3n) is 3.54. The molecule has 7 heteroatoms. The molecule has 1 aromatic carbocycles. The Morgan fingerprint density at radius 1 is 1.17 bits per heavy atom. The molecule has 0 atom stereocenters. The zero-order valence-corrected chi connectivity index (χ0v) is 14.9. The number of hydrogen-bond acceptors (Lipinski definition) is 3. The fourth-order valence-corrected chi connectivity index (χ4v) is 2.48. The number of nitrogens with one attached hydrogen (secondary N) is 2. The predicted molar refractivity (Wildman–Crippen MR) is 91.2 cm³/mol. The molecule has 0 spiro atoms. The summed E-state index contributed by atoms with van der Waals surface area (Å²) >= 11 is 3.10. The molecule has 0 unspecified atom stereocenters. The summed E-state index contributed by atoms with van der Waals surface area (Å²) in [7, 11) is 0. The van der Waals surface area contributed by atoms with Gasteiger partial charge >= 0.3 is 0 Å². The molecule has 24 heavy (non-hydrogen) atoms. The summed E-state index contributed by atoms with van der Waals surface area (Å²) in [6.45, 7) is 3.73. The molecular formula is C17H18BrFN2O3. The van der Waals surface area contributed by atoms with Gasteiger partial charge in [0.2, 0.25) is 5.91 Å². The van der Waals surface area contributed by atoms with Crippen molar-refractivity contribution in [3.63, 3.8) is 0 Å². The smallest absolute Gasteiger partial charge is 0.287 e. The molecule has 0 aliphatic rings. The zero-order valence-electron chi connectivity index (χ0n) is 13.4. The van der Waals surface area contributed by atoms with Gasteiger partial charge in [0.05, 0.1) is 6.54 Å². The van der Waals surface area contributed by atoms with E-state index in [9.17, 15) is 14.0 Å². The van der Waals surface area contributed by atoms with Crippen LogP contribution in [0.1, 0.15) is 30.0 Å². The molecule has 2 rings (SSSR count). The van der Waals surface area contributed by atoms with Crippen molar-refractivity contribution in [2.45, 2.75) is 19.3 Å². The number of furan rings is 1. The second-order valence-corrected chi connectivity index (χ2v) is 6.71. The van der Waals surface area contributed by atoms with Gasteiger partial charge in [-0.25, -0.2) is 4.39 Å². The monoisotopic (exact) mass is 396 g/mol. The lowest BCUT2D eigenvalue weighted by Crippen LogP contribution is -2.42. The van der Waals surface area contributed by atoms with Crippen LogP contribution in [0.4, 0.5) is 4.39 Å². The third kappa shape index (κ3) is 4.67. The van der Waals surface area contributed by atoms with Gasteiger partial charge in [-0.2, -0.15) is 0 Å². The molecule has 0 aliphatic carbocycles. The Morgan fingerprint density at radius 2 is 1.88 bits per heavy atom. The molecule has 5 nitrogen and oxygen atoms in total. The number of rotatable bonds is 6. The molecule has 1 aromatic heterocycles. The molecule has 0 radical (unpaired) electrons. The predicted octanol–water partition coefficient (Wildman–Crippen LogP) is 3.01. The van der Waals surface area contributed by atoms with E-state index >= 15 is 0 Å². The van der Waals surface area contributed by atoms with E-state index in [0.29, 0.717) is 10.2 Å². The Hall–Kier alpha value is -2.15. The normalized spacial score (nSPS) is 11.2. The molecular weight excluding hydrogens is 379 g/mol. The molecule has 1 heterocycles. The molecule has 0 saturated carbocycles. The summed E-state index contributed by atoms with van der Waals surface area (Å²) in [5.74, 6) is -1.04. The first kappa shape index (κ1) is 18.2. The van der Waals surface area contributed by atoms with Crippen molar-refractivity contribution in [1.29, 1.82) is 0 Å². The average Bonchev–Trinajstić information content (AvgIpc) is 2.97. The number of carbonyl (C=O) groups is 2. The first-order chi connectivity index (χ1) is 11.3. The van der Waals surface area contributed by atoms with Gasteiger partial charge in [0.15, 0.2) is 10.4 Å². The van der Waals surface area contributed by atoms with E-state index in [2.05, 4.69) is 26.6 Å². The molecule has 2 aromatic rings. The van der Waals surface area contributed by atoms with Crippen LogP contribution in [0, 0.1) is 5.82 Å². The topological polar surface area (TPSA) is 71.3 Å². The molecule has 2 amide bonds. The van der Waals surface area contributed by atoms with E-state index < -0.39 is 11.3 Å². The summed E-state index contributed by atoms with van der Waals surface area (Å²) < 4.78 is 19.4. The van der Waals surface area contributed by atoms with Crippen molar-refractivity contribution in [3.8, 4) is 0 Å². The molecule has 0 bridgehead atoms. The van der Waals surface area contributed by atoms with E-state index in [-0.39, 0.29) is 30.6 Å². The first-order valence-corrected chi connectivity index (χ1v) is 8.14. The van der Waals surface area contributed by atoms with Crippen LogP contribution in [0.2, 0.25) is 0 Å². The van der Waals surface area contributed by atoms with Crippen LogP contribution in [0.5, 0.6) is 0 Å². The summed E-state index contributed by atoms with van der Waals surface area (Å²) in [6.07, 6.45) is 0. The number of benzene rings is 1. The standard InChI is InChI=1S/C17H18BrFN2O3/c1-17(2,11-5-3-4-6-12(11)19)10-21-15(22)9-20-16(23)13-7-8-14(18)24-13/h3-8H,9-10H2,1-2H3,(H,20,23)(H,21,22). The Balaban J connectivity index is 1.84. The van der Waals surface area contributed by atoms with Crippen molar-refractivity contribution < 1.29 is 18.4 Å². The number of amides is 2. The molecule has 0 aliphatic heterocycles. The van der Waals surface area contributed by atoms with Gasteiger partial charge in [-0.1, -0.05) is 32.0 Å². The first-order valence-electron chi connectivity index (χ1n) is 7.35. The lowest BCUT2D eigenvalue weighted by Gasteiger charge is -2.26. The van der Waals surface area contributed by atoms with E-state index in [1.165, 1.54) is 12.1 Å². The van der Waals surface area contributed by atoms with Crippen molar-refractivity contribution in [2.75, 3.05) is 13.1 Å². The molecule has 0 fully saturated rings. The summed E-state index contributed by atoms with van der Waals surface area (Å²) in [6, 6.07) is 9.54. The van der Waals surface area contributed by atoms with Gasteiger partial charge in [-0.05, 0) is 39.7 Å². The fourth-order valence-electron chi connectivity index (χ4n) is 2.17. The fraction of sp³-hybridized carbons (Fsp3) is 0.294. The van der Waals surface area contributed by atoms with Crippen LogP contribution in [-0.4, -0.2) is 24.9 Å². The van der Waals surface area contributed by atoms with Gasteiger partial charge in [0.25, 0.3) is 5.91 Å². The Kier molecular flexibility index (Phi) is 5.77. The Morgan fingerprint density at radius 3 is 2.50 bits per heavy atom. The van der Waals surface area contributed by atoms with Crippen molar-refractivity contribution >= 4 is 27.7 Å². The lowest BCUT2D eigenvalue weighted by atomic mass is 9.84. The largest absolute Gasteiger partial charge is 0.444 e. The highest BCUT2D eigenvalue weighted by Crippen LogP contribution is 2.24.